The maximum absolute atomic E-state index is 9.85. The minimum atomic E-state index is -2.45. The summed E-state index contributed by atoms with van der Waals surface area (Å²) >= 11 is 0. The number of aliphatic hydroxyl groups excluding tert-OH is 1. The minimum absolute atomic E-state index is 0.0198. The van der Waals surface area contributed by atoms with Crippen LogP contribution in [0.25, 0.3) is 0 Å². The fraction of sp³-hybridized carbons (Fsp3) is 0.500. The highest BCUT2D eigenvalue weighted by Gasteiger charge is 2.55. The summed E-state index contributed by atoms with van der Waals surface area (Å²) in [5, 5.41) is 12.6. The van der Waals surface area contributed by atoms with E-state index in [1.807, 2.05) is 0 Å². The molecule has 0 spiro atoms. The number of hydrogen-bond donors (Lipinski definition) is 1. The van der Waals surface area contributed by atoms with Gasteiger partial charge in [-0.15, -0.1) is 0 Å². The Morgan fingerprint density at radius 3 is 1.96 bits per heavy atom. The molecule has 27 heavy (non-hydrogen) atoms. The summed E-state index contributed by atoms with van der Waals surface area (Å²) in [5.41, 5.74) is 0. The molecule has 0 aromatic heterocycles. The van der Waals surface area contributed by atoms with Crippen molar-refractivity contribution in [1.29, 1.82) is 0 Å². The van der Waals surface area contributed by atoms with Gasteiger partial charge in [-0.1, -0.05) is 81.4 Å². The molecule has 0 radical (unpaired) electrons. The molecule has 2 saturated carbocycles. The zero-order chi connectivity index (χ0) is 19.1. The third-order valence-electron chi connectivity index (χ3n) is 6.88. The van der Waals surface area contributed by atoms with Gasteiger partial charge in [-0.3, -0.25) is 0 Å². The minimum Gasteiger partial charge on any atom is -0.407 e. The van der Waals surface area contributed by atoms with Crippen LogP contribution in [0.5, 0.6) is 0 Å². The first-order valence-corrected chi connectivity index (χ1v) is 12.2. The van der Waals surface area contributed by atoms with Crippen LogP contribution in [0.4, 0.5) is 0 Å². The second kappa shape index (κ2) is 7.19. The molecule has 4 atom stereocenters. The summed E-state index contributed by atoms with van der Waals surface area (Å²) in [6.45, 7) is 8.08. The van der Waals surface area contributed by atoms with Crippen molar-refractivity contribution in [3.8, 4) is 0 Å². The first-order valence-electron chi connectivity index (χ1n) is 10.3. The second-order valence-electron chi connectivity index (χ2n) is 9.48. The zero-order valence-electron chi connectivity index (χ0n) is 16.8. The fourth-order valence-corrected chi connectivity index (χ4v) is 10.0. The van der Waals surface area contributed by atoms with Gasteiger partial charge in [0, 0.05) is 13.2 Å². The molecule has 0 aliphatic heterocycles. The highest BCUT2D eigenvalue weighted by Crippen LogP contribution is 2.58. The van der Waals surface area contributed by atoms with Gasteiger partial charge < -0.3 is 9.53 Å². The first kappa shape index (κ1) is 18.9. The maximum Gasteiger partial charge on any atom is 0.261 e. The summed E-state index contributed by atoms with van der Waals surface area (Å²) in [5.74, 6) is 2.56. The Hall–Kier alpha value is -1.42. The van der Waals surface area contributed by atoms with Gasteiger partial charge in [0.05, 0.1) is 0 Å². The molecule has 0 bridgehead atoms. The zero-order valence-corrected chi connectivity index (χ0v) is 17.8. The van der Waals surface area contributed by atoms with Crippen molar-refractivity contribution in [3.05, 3.63) is 60.7 Å². The Bertz CT molecular complexity index is 713. The number of hydrogen-bond acceptors (Lipinski definition) is 2. The van der Waals surface area contributed by atoms with Crippen LogP contribution in [0.2, 0.25) is 5.04 Å². The lowest BCUT2D eigenvalue weighted by atomic mass is 9.93. The molecule has 2 aromatic rings. The average molecular weight is 381 g/mol. The molecule has 2 nitrogen and oxygen atoms in total. The van der Waals surface area contributed by atoms with E-state index in [1.54, 1.807) is 0 Å². The first-order chi connectivity index (χ1) is 13.0. The maximum atomic E-state index is 9.85. The highest BCUT2D eigenvalue weighted by molar-refractivity contribution is 6.99. The van der Waals surface area contributed by atoms with E-state index in [-0.39, 0.29) is 5.04 Å². The van der Waals surface area contributed by atoms with Gasteiger partial charge >= 0.3 is 0 Å². The van der Waals surface area contributed by atoms with Crippen molar-refractivity contribution >= 4 is 18.7 Å². The Balaban J connectivity index is 1.73. The number of rotatable bonds is 6. The topological polar surface area (TPSA) is 29.5 Å². The molecule has 2 aliphatic rings. The average Bonchev–Trinajstić information content (AvgIpc) is 3.35. The van der Waals surface area contributed by atoms with Gasteiger partial charge in [-0.2, -0.15) is 0 Å². The van der Waals surface area contributed by atoms with E-state index in [4.69, 9.17) is 4.43 Å². The number of benzene rings is 2. The molecule has 2 aromatic carbocycles. The lowest BCUT2D eigenvalue weighted by Gasteiger charge is -2.44. The normalized spacial score (nSPS) is 27.4. The smallest absolute Gasteiger partial charge is 0.261 e. The number of aliphatic hydroxyl groups is 1. The van der Waals surface area contributed by atoms with Gasteiger partial charge in [-0.05, 0) is 51.9 Å². The monoisotopic (exact) mass is 380 g/mol. The van der Waals surface area contributed by atoms with Gasteiger partial charge in [0.1, 0.15) is 0 Å². The van der Waals surface area contributed by atoms with Gasteiger partial charge in [0.25, 0.3) is 8.32 Å². The fourth-order valence-electron chi connectivity index (χ4n) is 5.43. The summed E-state index contributed by atoms with van der Waals surface area (Å²) in [6, 6.07) is 21.7. The Morgan fingerprint density at radius 1 is 0.926 bits per heavy atom. The SMILES string of the molecule is CC(C)(C)[Si](OC[C@H]1C2CC2C[C@H]1CO)(c1ccccc1)c1ccccc1. The van der Waals surface area contributed by atoms with Crippen molar-refractivity contribution in [2.45, 2.75) is 38.7 Å². The third-order valence-corrected chi connectivity index (χ3v) is 11.9. The lowest BCUT2D eigenvalue weighted by molar-refractivity contribution is 0.129. The van der Waals surface area contributed by atoms with Crippen molar-refractivity contribution < 1.29 is 9.53 Å². The summed E-state index contributed by atoms with van der Waals surface area (Å²) in [6.07, 6.45) is 2.53. The molecule has 3 heteroatoms. The molecule has 4 rings (SSSR count). The van der Waals surface area contributed by atoms with E-state index in [1.165, 1.54) is 23.2 Å². The second-order valence-corrected chi connectivity index (χ2v) is 13.8. The van der Waals surface area contributed by atoms with Crippen molar-refractivity contribution in [3.63, 3.8) is 0 Å². The van der Waals surface area contributed by atoms with E-state index in [0.717, 1.165) is 18.4 Å². The Kier molecular flexibility index (Phi) is 5.04. The van der Waals surface area contributed by atoms with Crippen LogP contribution in [-0.2, 0) is 4.43 Å². The molecule has 2 unspecified atom stereocenters. The van der Waals surface area contributed by atoms with Crippen LogP contribution in [0.1, 0.15) is 33.6 Å². The quantitative estimate of drug-likeness (QED) is 0.772. The van der Waals surface area contributed by atoms with Crippen molar-refractivity contribution in [2.75, 3.05) is 13.2 Å². The van der Waals surface area contributed by atoms with Gasteiger partial charge in [0.15, 0.2) is 0 Å². The standard InChI is InChI=1S/C24H32O2Si/c1-24(2,3)27(20-10-6-4-7-11-20,21-12-8-5-9-13-21)26-17-23-19(16-25)14-18-15-22(18)23/h4-13,18-19,22-23,25H,14-17H2,1-3H3/t18?,19-,22?,23+/m0/s1. The molecular weight excluding hydrogens is 348 g/mol. The predicted octanol–water partition coefficient (Wildman–Crippen LogP) is 3.83. The summed E-state index contributed by atoms with van der Waals surface area (Å²) in [7, 11) is -2.45. The molecule has 2 aliphatic carbocycles. The molecular formula is C24H32O2Si. The molecule has 144 valence electrons. The number of fused-ring (bicyclic) bond motifs is 1. The predicted molar refractivity (Wildman–Crippen MR) is 114 cm³/mol. The van der Waals surface area contributed by atoms with Crippen LogP contribution >= 0.6 is 0 Å². The van der Waals surface area contributed by atoms with Crippen molar-refractivity contribution in [1.82, 2.24) is 0 Å². The molecule has 0 amide bonds. The largest absolute Gasteiger partial charge is 0.407 e. The lowest BCUT2D eigenvalue weighted by Crippen LogP contribution is -2.67. The van der Waals surface area contributed by atoms with Crippen LogP contribution in [0.15, 0.2) is 60.7 Å². The van der Waals surface area contributed by atoms with E-state index in [9.17, 15) is 5.11 Å². The van der Waals surface area contributed by atoms with Crippen molar-refractivity contribution in [2.24, 2.45) is 23.7 Å². The summed E-state index contributed by atoms with van der Waals surface area (Å²) < 4.78 is 7.11. The van der Waals surface area contributed by atoms with Crippen LogP contribution in [0, 0.1) is 23.7 Å². The molecule has 1 N–H and O–H groups in total. The van der Waals surface area contributed by atoms with Gasteiger partial charge in [0.2, 0.25) is 0 Å². The van der Waals surface area contributed by atoms with Gasteiger partial charge in [-0.25, -0.2) is 0 Å². The summed E-state index contributed by atoms with van der Waals surface area (Å²) in [4.78, 5) is 0. The molecule has 0 heterocycles. The Morgan fingerprint density at radius 2 is 1.48 bits per heavy atom. The van der Waals surface area contributed by atoms with Crippen LogP contribution in [0.3, 0.4) is 0 Å². The van der Waals surface area contributed by atoms with E-state index >= 15 is 0 Å². The third kappa shape index (κ3) is 3.30. The van der Waals surface area contributed by atoms with E-state index in [0.29, 0.717) is 18.4 Å². The molecule has 0 saturated heterocycles. The van der Waals surface area contributed by atoms with Crippen LogP contribution < -0.4 is 10.4 Å². The highest BCUT2D eigenvalue weighted by atomic mass is 28.4. The van der Waals surface area contributed by atoms with E-state index < -0.39 is 8.32 Å². The van der Waals surface area contributed by atoms with Crippen LogP contribution in [-0.4, -0.2) is 26.6 Å². The van der Waals surface area contributed by atoms with E-state index in [2.05, 4.69) is 81.4 Å². The molecule has 2 fully saturated rings. The Labute approximate surface area is 164 Å².